The maximum absolute atomic E-state index is 13.2. The Hall–Kier alpha value is -3.38. The first-order chi connectivity index (χ1) is 18.3. The van der Waals surface area contributed by atoms with Gasteiger partial charge in [-0.25, -0.2) is 4.79 Å². The van der Waals surface area contributed by atoms with E-state index in [1.165, 1.54) is 0 Å². The molecule has 2 aromatic carbocycles. The first kappa shape index (κ1) is 24.9. The average molecular weight is 514 g/mol. The van der Waals surface area contributed by atoms with Crippen molar-refractivity contribution < 1.29 is 18.7 Å². The normalized spacial score (nSPS) is 21.7. The van der Waals surface area contributed by atoms with Crippen molar-refractivity contribution >= 4 is 27.8 Å². The van der Waals surface area contributed by atoms with Crippen molar-refractivity contribution in [2.45, 2.75) is 71.3 Å². The van der Waals surface area contributed by atoms with Crippen LogP contribution in [0.25, 0.3) is 33.1 Å². The van der Waals surface area contributed by atoms with Gasteiger partial charge in [0.1, 0.15) is 16.9 Å². The molecule has 4 aromatic rings. The summed E-state index contributed by atoms with van der Waals surface area (Å²) >= 11 is 0. The summed E-state index contributed by atoms with van der Waals surface area (Å²) in [7, 11) is 0. The average Bonchev–Trinajstić information content (AvgIpc) is 3.25. The second-order valence-corrected chi connectivity index (χ2v) is 11.3. The van der Waals surface area contributed by atoms with Gasteiger partial charge in [-0.15, -0.1) is 0 Å². The molecule has 2 atom stereocenters. The summed E-state index contributed by atoms with van der Waals surface area (Å²) in [6.07, 6.45) is 5.22. The summed E-state index contributed by atoms with van der Waals surface area (Å²) in [5.41, 5.74) is 4.59. The van der Waals surface area contributed by atoms with Crippen LogP contribution in [0.5, 0.6) is 0 Å². The van der Waals surface area contributed by atoms with Gasteiger partial charge in [0.15, 0.2) is 0 Å². The van der Waals surface area contributed by atoms with Gasteiger partial charge in [-0.05, 0) is 63.6 Å². The zero-order chi connectivity index (χ0) is 26.6. The van der Waals surface area contributed by atoms with Crippen LogP contribution in [0.4, 0.5) is 0 Å². The third-order valence-electron chi connectivity index (χ3n) is 9.07. The third-order valence-corrected chi connectivity index (χ3v) is 9.07. The Bertz CT molecular complexity index is 1600. The number of carbonyl (C=O) groups excluding carboxylic acids is 1. The zero-order valence-corrected chi connectivity index (χ0v) is 22.4. The maximum Gasteiger partial charge on any atom is 0.339 e. The van der Waals surface area contributed by atoms with Crippen molar-refractivity contribution in [1.29, 1.82) is 0 Å². The number of carbonyl (C=O) groups is 1. The molecule has 1 saturated carbocycles. The fourth-order valence-corrected chi connectivity index (χ4v) is 6.81. The van der Waals surface area contributed by atoms with E-state index in [4.69, 9.17) is 8.83 Å². The number of hydrogen-bond acceptors (Lipinski definition) is 5. The molecule has 1 N–H and O–H groups in total. The summed E-state index contributed by atoms with van der Waals surface area (Å²) in [5, 5.41) is 12.8. The van der Waals surface area contributed by atoms with Crippen LogP contribution in [0.1, 0.15) is 61.0 Å². The predicted octanol–water partition coefficient (Wildman–Crippen LogP) is 6.22. The maximum atomic E-state index is 13.2. The number of likely N-dealkylation sites (tertiary alicyclic amines) is 1. The molecule has 6 nitrogen and oxygen atoms in total. The largest absolute Gasteiger partial charge is 0.460 e. The van der Waals surface area contributed by atoms with Crippen molar-refractivity contribution in [3.63, 3.8) is 0 Å². The quantitative estimate of drug-likeness (QED) is 0.328. The Morgan fingerprint density at radius 1 is 1.03 bits per heavy atom. The van der Waals surface area contributed by atoms with E-state index in [1.54, 1.807) is 0 Å². The molecule has 1 aliphatic heterocycles. The molecule has 0 bridgehead atoms. The van der Waals surface area contributed by atoms with Gasteiger partial charge < -0.3 is 18.8 Å². The van der Waals surface area contributed by atoms with Crippen molar-refractivity contribution in [1.82, 2.24) is 4.90 Å². The fourth-order valence-electron chi connectivity index (χ4n) is 6.81. The molecular formula is C32H35NO5. The standard InChI is InChI=1S/C32H35NO5/c1-19-24(12-13-27(34)33-16-15-32(36)14-8-7-11-23(32)18-33)31(35)38-29-20(2)30-26(17-25(19)29)28(21(3)37-30)22-9-5-4-6-10-22/h4-6,9-10,17,23,36H,7-8,11-16,18H2,1-3H3/t23-,32+/m0/s1. The molecule has 2 aliphatic rings. The second-order valence-electron chi connectivity index (χ2n) is 11.3. The number of rotatable bonds is 4. The van der Waals surface area contributed by atoms with E-state index in [0.717, 1.165) is 70.1 Å². The van der Waals surface area contributed by atoms with E-state index in [9.17, 15) is 14.7 Å². The van der Waals surface area contributed by atoms with Crippen LogP contribution in [0, 0.1) is 26.7 Å². The fraction of sp³-hybridized carbons (Fsp3) is 0.438. The molecular weight excluding hydrogens is 478 g/mol. The van der Waals surface area contributed by atoms with E-state index >= 15 is 0 Å². The molecule has 2 aromatic heterocycles. The Kier molecular flexibility index (Phi) is 6.18. The van der Waals surface area contributed by atoms with Gasteiger partial charge in [0.2, 0.25) is 5.91 Å². The summed E-state index contributed by atoms with van der Waals surface area (Å²) in [4.78, 5) is 28.2. The van der Waals surface area contributed by atoms with Gasteiger partial charge in [-0.2, -0.15) is 0 Å². The first-order valence-electron chi connectivity index (χ1n) is 13.8. The van der Waals surface area contributed by atoms with Crippen LogP contribution in [0.3, 0.4) is 0 Å². The molecule has 3 heterocycles. The minimum atomic E-state index is -0.613. The highest BCUT2D eigenvalue weighted by atomic mass is 16.4. The number of amides is 1. The smallest absolute Gasteiger partial charge is 0.339 e. The summed E-state index contributed by atoms with van der Waals surface area (Å²) in [5.74, 6) is 1.02. The van der Waals surface area contributed by atoms with Gasteiger partial charge in [0.05, 0.1) is 5.60 Å². The van der Waals surface area contributed by atoms with Crippen LogP contribution in [0.15, 0.2) is 50.0 Å². The molecule has 6 heteroatoms. The molecule has 6 rings (SSSR count). The van der Waals surface area contributed by atoms with Crippen LogP contribution in [0.2, 0.25) is 0 Å². The minimum Gasteiger partial charge on any atom is -0.460 e. The predicted molar refractivity (Wildman–Crippen MR) is 148 cm³/mol. The number of benzene rings is 2. The highest BCUT2D eigenvalue weighted by molar-refractivity contribution is 6.05. The van der Waals surface area contributed by atoms with Gasteiger partial charge in [0.25, 0.3) is 0 Å². The molecule has 1 saturated heterocycles. The molecule has 1 amide bonds. The molecule has 0 spiro atoms. The summed E-state index contributed by atoms with van der Waals surface area (Å²) in [6.45, 7) is 7.02. The minimum absolute atomic E-state index is 0.0416. The van der Waals surface area contributed by atoms with E-state index in [-0.39, 0.29) is 18.2 Å². The zero-order valence-electron chi connectivity index (χ0n) is 22.4. The van der Waals surface area contributed by atoms with Gasteiger partial charge in [0, 0.05) is 52.9 Å². The lowest BCUT2D eigenvalue weighted by molar-refractivity contribution is -0.143. The Balaban J connectivity index is 1.31. The van der Waals surface area contributed by atoms with Crippen LogP contribution >= 0.6 is 0 Å². The van der Waals surface area contributed by atoms with Crippen molar-refractivity contribution in [3.8, 4) is 11.1 Å². The highest BCUT2D eigenvalue weighted by Gasteiger charge is 2.43. The van der Waals surface area contributed by atoms with Crippen molar-refractivity contribution in [2.75, 3.05) is 13.1 Å². The second kappa shape index (κ2) is 9.42. The topological polar surface area (TPSA) is 83.9 Å². The molecule has 38 heavy (non-hydrogen) atoms. The van der Waals surface area contributed by atoms with E-state index in [0.29, 0.717) is 37.1 Å². The number of aliphatic hydroxyl groups is 1. The van der Waals surface area contributed by atoms with Crippen LogP contribution in [-0.2, 0) is 11.2 Å². The van der Waals surface area contributed by atoms with Gasteiger partial charge >= 0.3 is 5.63 Å². The number of piperidine rings is 1. The third kappa shape index (κ3) is 4.06. The summed E-state index contributed by atoms with van der Waals surface area (Å²) in [6, 6.07) is 12.2. The molecule has 1 aliphatic carbocycles. The monoisotopic (exact) mass is 513 g/mol. The van der Waals surface area contributed by atoms with Crippen molar-refractivity contribution in [2.24, 2.45) is 5.92 Å². The van der Waals surface area contributed by atoms with Crippen molar-refractivity contribution in [3.05, 3.63) is 69.3 Å². The molecule has 2 fully saturated rings. The lowest BCUT2D eigenvalue weighted by atomic mass is 9.71. The summed E-state index contributed by atoms with van der Waals surface area (Å²) < 4.78 is 12.0. The highest BCUT2D eigenvalue weighted by Crippen LogP contribution is 2.41. The van der Waals surface area contributed by atoms with Gasteiger partial charge in [-0.3, -0.25) is 4.79 Å². The first-order valence-corrected chi connectivity index (χ1v) is 13.8. The number of hydrogen-bond donors (Lipinski definition) is 1. The SMILES string of the molecule is Cc1oc2c(C)c3oc(=O)c(CCC(=O)N4CC[C@]5(O)CCCC[C@H]5C4)c(C)c3cc2c1-c1ccccc1. The number of furan rings is 1. The van der Waals surface area contributed by atoms with E-state index in [1.807, 2.05) is 43.9 Å². The van der Waals surface area contributed by atoms with E-state index in [2.05, 4.69) is 18.2 Å². The lowest BCUT2D eigenvalue weighted by Crippen LogP contribution is -2.54. The van der Waals surface area contributed by atoms with Crippen LogP contribution in [-0.4, -0.2) is 34.6 Å². The Morgan fingerprint density at radius 2 is 1.79 bits per heavy atom. The van der Waals surface area contributed by atoms with Gasteiger partial charge in [-0.1, -0.05) is 43.2 Å². The van der Waals surface area contributed by atoms with E-state index < -0.39 is 11.2 Å². The van der Waals surface area contributed by atoms with Crippen LogP contribution < -0.4 is 5.63 Å². The number of fused-ring (bicyclic) bond motifs is 3. The number of nitrogens with zero attached hydrogens (tertiary/aromatic N) is 1. The Morgan fingerprint density at radius 3 is 2.58 bits per heavy atom. The molecule has 0 radical (unpaired) electrons. The molecule has 0 unspecified atom stereocenters. The Labute approximate surface area is 222 Å². The number of aryl methyl sites for hydroxylation is 3. The lowest BCUT2D eigenvalue weighted by Gasteiger charge is -2.47. The molecule has 198 valence electrons.